The molecule has 1 aliphatic carbocycles. The summed E-state index contributed by atoms with van der Waals surface area (Å²) in [4.78, 5) is 12.6. The molecule has 2 aromatic carbocycles. The van der Waals surface area contributed by atoms with Crippen molar-refractivity contribution in [2.75, 3.05) is 13.1 Å². The van der Waals surface area contributed by atoms with Crippen molar-refractivity contribution in [3.63, 3.8) is 0 Å². The molecule has 1 amide bonds. The van der Waals surface area contributed by atoms with Gasteiger partial charge in [-0.2, -0.15) is 0 Å². The Hall–Kier alpha value is -2.47. The molecule has 2 fully saturated rings. The minimum absolute atomic E-state index is 0.00106. The van der Waals surface area contributed by atoms with Crippen LogP contribution in [-0.2, 0) is 4.74 Å². The minimum Gasteiger partial charge on any atom is -0.465 e. The number of halogens is 2. The summed E-state index contributed by atoms with van der Waals surface area (Å²) in [6.07, 6.45) is 1.18. The highest BCUT2D eigenvalue weighted by atomic mass is 19.1. The maximum absolute atomic E-state index is 13.3. The SMILES string of the molecule is O=C(O)N1CC[C@]2(C1)C[C@@H](OC(c1ccc(F)cc1)c1ccc(F)cc1)C2. The lowest BCUT2D eigenvalue weighted by Crippen LogP contribution is -2.45. The first-order valence-corrected chi connectivity index (χ1v) is 9.08. The standard InChI is InChI=1S/C21H21F2NO3/c22-16-5-1-14(2-6-16)19(15-3-7-17(23)8-4-15)27-18-11-21(12-18)9-10-24(13-21)20(25)26/h1-8,18-19H,9-13H2,(H,25,26)/t18-,21+. The zero-order valence-corrected chi connectivity index (χ0v) is 14.8. The molecular formula is C21H21F2NO3. The first-order chi connectivity index (χ1) is 12.9. The summed E-state index contributed by atoms with van der Waals surface area (Å²) in [6, 6.07) is 12.3. The van der Waals surface area contributed by atoms with Gasteiger partial charge in [0.2, 0.25) is 0 Å². The van der Waals surface area contributed by atoms with Gasteiger partial charge in [0.1, 0.15) is 17.7 Å². The van der Waals surface area contributed by atoms with Crippen LogP contribution in [0, 0.1) is 17.0 Å². The molecule has 4 nitrogen and oxygen atoms in total. The number of hydrogen-bond donors (Lipinski definition) is 1. The minimum atomic E-state index is -0.869. The zero-order chi connectivity index (χ0) is 19.0. The Kier molecular flexibility index (Phi) is 4.60. The maximum Gasteiger partial charge on any atom is 0.407 e. The summed E-state index contributed by atoms with van der Waals surface area (Å²) in [5, 5.41) is 9.15. The van der Waals surface area contributed by atoms with E-state index < -0.39 is 12.2 Å². The van der Waals surface area contributed by atoms with Crippen LogP contribution in [-0.4, -0.2) is 35.3 Å². The van der Waals surface area contributed by atoms with Crippen LogP contribution in [0.5, 0.6) is 0 Å². The number of nitrogens with zero attached hydrogens (tertiary/aromatic N) is 1. The number of ether oxygens (including phenoxy) is 1. The van der Waals surface area contributed by atoms with E-state index in [4.69, 9.17) is 9.84 Å². The molecule has 2 aliphatic rings. The van der Waals surface area contributed by atoms with Gasteiger partial charge < -0.3 is 14.7 Å². The molecule has 0 radical (unpaired) electrons. The Morgan fingerprint density at radius 2 is 1.56 bits per heavy atom. The second-order valence-electron chi connectivity index (χ2n) is 7.60. The van der Waals surface area contributed by atoms with E-state index in [1.54, 1.807) is 24.3 Å². The summed E-state index contributed by atoms with van der Waals surface area (Å²) in [5.74, 6) is -0.641. The second-order valence-corrected chi connectivity index (χ2v) is 7.60. The molecule has 1 heterocycles. The molecule has 0 bridgehead atoms. The Labute approximate surface area is 156 Å². The molecule has 2 aromatic rings. The van der Waals surface area contributed by atoms with Crippen LogP contribution in [0.3, 0.4) is 0 Å². The number of carbonyl (C=O) groups is 1. The molecule has 0 aromatic heterocycles. The molecule has 1 spiro atoms. The molecule has 1 aliphatic heterocycles. The van der Waals surface area contributed by atoms with Crippen molar-refractivity contribution in [2.24, 2.45) is 5.41 Å². The lowest BCUT2D eigenvalue weighted by atomic mass is 9.66. The lowest BCUT2D eigenvalue weighted by molar-refractivity contribution is -0.0999. The fourth-order valence-electron chi connectivity index (χ4n) is 4.25. The van der Waals surface area contributed by atoms with Crippen molar-refractivity contribution in [3.05, 3.63) is 71.3 Å². The highest BCUT2D eigenvalue weighted by Crippen LogP contribution is 2.51. The van der Waals surface area contributed by atoms with Gasteiger partial charge in [0.15, 0.2) is 0 Å². The van der Waals surface area contributed by atoms with Crippen LogP contribution >= 0.6 is 0 Å². The third-order valence-electron chi connectivity index (χ3n) is 5.70. The van der Waals surface area contributed by atoms with E-state index in [-0.39, 0.29) is 23.2 Å². The first kappa shape index (κ1) is 17.9. The van der Waals surface area contributed by atoms with Crippen LogP contribution in [0.15, 0.2) is 48.5 Å². The van der Waals surface area contributed by atoms with E-state index >= 15 is 0 Å². The average Bonchev–Trinajstić information content (AvgIpc) is 3.07. The van der Waals surface area contributed by atoms with E-state index in [1.807, 2.05) is 0 Å². The van der Waals surface area contributed by atoms with Gasteiger partial charge in [-0.3, -0.25) is 0 Å². The van der Waals surface area contributed by atoms with Crippen LogP contribution in [0.25, 0.3) is 0 Å². The van der Waals surface area contributed by atoms with Crippen molar-refractivity contribution >= 4 is 6.09 Å². The molecule has 0 unspecified atom stereocenters. The number of hydrogen-bond acceptors (Lipinski definition) is 2. The fraction of sp³-hybridized carbons (Fsp3) is 0.381. The van der Waals surface area contributed by atoms with E-state index in [0.29, 0.717) is 13.1 Å². The first-order valence-electron chi connectivity index (χ1n) is 9.08. The summed E-state index contributed by atoms with van der Waals surface area (Å²) in [5.41, 5.74) is 1.63. The molecule has 4 rings (SSSR count). The van der Waals surface area contributed by atoms with E-state index in [9.17, 15) is 13.6 Å². The topological polar surface area (TPSA) is 49.8 Å². The van der Waals surface area contributed by atoms with E-state index in [1.165, 1.54) is 29.2 Å². The van der Waals surface area contributed by atoms with E-state index in [0.717, 1.165) is 30.4 Å². The molecule has 27 heavy (non-hydrogen) atoms. The number of likely N-dealkylation sites (tertiary alicyclic amines) is 1. The maximum atomic E-state index is 13.3. The van der Waals surface area contributed by atoms with Crippen LogP contribution in [0.4, 0.5) is 13.6 Å². The van der Waals surface area contributed by atoms with Gasteiger partial charge in [0.25, 0.3) is 0 Å². The third-order valence-corrected chi connectivity index (χ3v) is 5.70. The predicted octanol–water partition coefficient (Wildman–Crippen LogP) is 4.60. The number of rotatable bonds is 4. The van der Waals surface area contributed by atoms with Crippen molar-refractivity contribution < 1.29 is 23.4 Å². The van der Waals surface area contributed by atoms with Gasteiger partial charge in [-0.1, -0.05) is 24.3 Å². The van der Waals surface area contributed by atoms with Crippen molar-refractivity contribution in [1.82, 2.24) is 4.90 Å². The highest BCUT2D eigenvalue weighted by Gasteiger charge is 2.50. The molecule has 1 N–H and O–H groups in total. The van der Waals surface area contributed by atoms with Crippen LogP contribution in [0.2, 0.25) is 0 Å². The second kappa shape index (κ2) is 6.93. The third kappa shape index (κ3) is 3.67. The molecule has 0 atom stereocenters. The smallest absolute Gasteiger partial charge is 0.407 e. The molecule has 6 heteroatoms. The van der Waals surface area contributed by atoms with Gasteiger partial charge in [0, 0.05) is 13.1 Å². The van der Waals surface area contributed by atoms with E-state index in [2.05, 4.69) is 0 Å². The fourth-order valence-corrected chi connectivity index (χ4v) is 4.25. The molecule has 1 saturated heterocycles. The monoisotopic (exact) mass is 373 g/mol. The van der Waals surface area contributed by atoms with Gasteiger partial charge in [0.05, 0.1) is 6.10 Å². The Morgan fingerprint density at radius 3 is 2.00 bits per heavy atom. The number of carboxylic acid groups (broad SMARTS) is 1. The summed E-state index contributed by atoms with van der Waals surface area (Å²) in [6.45, 7) is 1.13. The molecular weight excluding hydrogens is 352 g/mol. The zero-order valence-electron chi connectivity index (χ0n) is 14.8. The summed E-state index contributed by atoms with van der Waals surface area (Å²) in [7, 11) is 0. The van der Waals surface area contributed by atoms with Gasteiger partial charge in [-0.25, -0.2) is 13.6 Å². The number of benzene rings is 2. The van der Waals surface area contributed by atoms with Crippen molar-refractivity contribution in [1.29, 1.82) is 0 Å². The van der Waals surface area contributed by atoms with Gasteiger partial charge in [-0.05, 0) is 60.1 Å². The van der Waals surface area contributed by atoms with Crippen LogP contribution in [0.1, 0.15) is 36.5 Å². The Bertz CT molecular complexity index is 771. The van der Waals surface area contributed by atoms with Crippen LogP contribution < -0.4 is 0 Å². The molecule has 1 saturated carbocycles. The normalized spacial score (nSPS) is 24.4. The Morgan fingerprint density at radius 1 is 1.04 bits per heavy atom. The van der Waals surface area contributed by atoms with Crippen molar-refractivity contribution in [2.45, 2.75) is 31.5 Å². The lowest BCUT2D eigenvalue weighted by Gasteiger charge is -2.46. The molecule has 142 valence electrons. The largest absolute Gasteiger partial charge is 0.465 e. The Balaban J connectivity index is 1.48. The van der Waals surface area contributed by atoms with Gasteiger partial charge >= 0.3 is 6.09 Å². The quantitative estimate of drug-likeness (QED) is 0.852. The summed E-state index contributed by atoms with van der Waals surface area (Å²) >= 11 is 0. The number of amides is 1. The average molecular weight is 373 g/mol. The highest BCUT2D eigenvalue weighted by molar-refractivity contribution is 5.65. The van der Waals surface area contributed by atoms with Crippen molar-refractivity contribution in [3.8, 4) is 0 Å². The predicted molar refractivity (Wildman–Crippen MR) is 95.4 cm³/mol. The summed E-state index contributed by atoms with van der Waals surface area (Å²) < 4.78 is 32.9. The van der Waals surface area contributed by atoms with Gasteiger partial charge in [-0.15, -0.1) is 0 Å².